The molecule has 0 unspecified atom stereocenters. The maximum atomic E-state index is 12.6. The number of carbonyl (C=O) groups is 5. The van der Waals surface area contributed by atoms with Crippen LogP contribution in [0.4, 0.5) is 0 Å². The highest BCUT2D eigenvalue weighted by Crippen LogP contribution is 2.25. The highest BCUT2D eigenvalue weighted by atomic mass is 16.5. The van der Waals surface area contributed by atoms with Gasteiger partial charge in [0, 0.05) is 12.5 Å². The van der Waals surface area contributed by atoms with E-state index in [1.165, 1.54) is 12.1 Å². The van der Waals surface area contributed by atoms with Crippen LogP contribution in [0.2, 0.25) is 0 Å². The summed E-state index contributed by atoms with van der Waals surface area (Å²) in [5.74, 6) is -0.844. The SMILES string of the molecule is C=CC(=O)OCCCCCCOc1ccc(C(=O)Oc2ccc(OC(=O)CCc3ccc(OC(=O)C=O)cc3)c(C)c2)cc1. The van der Waals surface area contributed by atoms with Gasteiger partial charge in [0.15, 0.2) is 0 Å². The van der Waals surface area contributed by atoms with Crippen LogP contribution >= 0.6 is 0 Å². The first-order valence-electron chi connectivity index (χ1n) is 14.1. The molecule has 0 aromatic heterocycles. The molecule has 0 aliphatic carbocycles. The predicted octanol–water partition coefficient (Wildman–Crippen LogP) is 5.53. The first-order chi connectivity index (χ1) is 21.3. The van der Waals surface area contributed by atoms with Gasteiger partial charge in [-0.15, -0.1) is 0 Å². The molecule has 44 heavy (non-hydrogen) atoms. The average molecular weight is 603 g/mol. The molecule has 0 fully saturated rings. The highest BCUT2D eigenvalue weighted by molar-refractivity contribution is 6.21. The topological polar surface area (TPSA) is 132 Å². The van der Waals surface area contributed by atoms with E-state index in [0.717, 1.165) is 37.3 Å². The molecule has 10 heteroatoms. The molecule has 0 spiro atoms. The zero-order valence-corrected chi connectivity index (χ0v) is 24.5. The van der Waals surface area contributed by atoms with Crippen molar-refractivity contribution in [2.75, 3.05) is 13.2 Å². The molecule has 0 N–H and O–H groups in total. The molecule has 0 radical (unpaired) electrons. The van der Waals surface area contributed by atoms with Crippen molar-refractivity contribution in [2.45, 2.75) is 45.4 Å². The Labute approximate surface area is 255 Å². The second-order valence-electron chi connectivity index (χ2n) is 9.63. The molecule has 3 rings (SSSR count). The zero-order chi connectivity index (χ0) is 31.7. The van der Waals surface area contributed by atoms with Gasteiger partial charge in [0.1, 0.15) is 23.0 Å². The number of rotatable bonds is 17. The molecular weight excluding hydrogens is 568 g/mol. The smallest absolute Gasteiger partial charge is 0.376 e. The Morgan fingerprint density at radius 2 is 1.39 bits per heavy atom. The molecule has 0 heterocycles. The summed E-state index contributed by atoms with van der Waals surface area (Å²) in [4.78, 5) is 57.4. The third-order valence-electron chi connectivity index (χ3n) is 6.24. The van der Waals surface area contributed by atoms with E-state index >= 15 is 0 Å². The third kappa shape index (κ3) is 11.6. The number of aldehydes is 1. The van der Waals surface area contributed by atoms with Crippen LogP contribution < -0.4 is 18.9 Å². The van der Waals surface area contributed by atoms with E-state index < -0.39 is 23.9 Å². The summed E-state index contributed by atoms with van der Waals surface area (Å²) in [5.41, 5.74) is 1.80. The van der Waals surface area contributed by atoms with Crippen molar-refractivity contribution in [1.82, 2.24) is 0 Å². The lowest BCUT2D eigenvalue weighted by atomic mass is 10.1. The van der Waals surface area contributed by atoms with E-state index in [1.807, 2.05) is 0 Å². The fourth-order valence-corrected chi connectivity index (χ4v) is 3.92. The summed E-state index contributed by atoms with van der Waals surface area (Å²) < 4.78 is 26.4. The number of hydrogen-bond acceptors (Lipinski definition) is 10. The fourth-order valence-electron chi connectivity index (χ4n) is 3.92. The minimum absolute atomic E-state index is 0.0837. The predicted molar refractivity (Wildman–Crippen MR) is 160 cm³/mol. The van der Waals surface area contributed by atoms with Gasteiger partial charge in [-0.1, -0.05) is 18.7 Å². The molecule has 3 aromatic carbocycles. The first kappa shape index (κ1) is 33.3. The minimum Gasteiger partial charge on any atom is -0.494 e. The molecule has 10 nitrogen and oxygen atoms in total. The van der Waals surface area contributed by atoms with E-state index in [-0.39, 0.29) is 18.5 Å². The Morgan fingerprint density at radius 3 is 2.05 bits per heavy atom. The van der Waals surface area contributed by atoms with Crippen LogP contribution in [0.1, 0.15) is 53.6 Å². The summed E-state index contributed by atoms with van der Waals surface area (Å²) in [6.45, 7) is 6.00. The van der Waals surface area contributed by atoms with Crippen LogP contribution in [0.15, 0.2) is 79.4 Å². The lowest BCUT2D eigenvalue weighted by Crippen LogP contribution is -2.11. The molecule has 230 valence electrons. The van der Waals surface area contributed by atoms with E-state index in [2.05, 4.69) is 6.58 Å². The second kappa shape index (κ2) is 17.6. The van der Waals surface area contributed by atoms with Crippen molar-refractivity contribution < 1.29 is 47.7 Å². The van der Waals surface area contributed by atoms with E-state index in [4.69, 9.17) is 23.7 Å². The molecule has 0 amide bonds. The van der Waals surface area contributed by atoms with Crippen molar-refractivity contribution in [3.8, 4) is 23.0 Å². The van der Waals surface area contributed by atoms with Crippen LogP contribution in [0.5, 0.6) is 23.0 Å². The summed E-state index contributed by atoms with van der Waals surface area (Å²) in [6.07, 6.45) is 5.23. The Morgan fingerprint density at radius 1 is 0.727 bits per heavy atom. The van der Waals surface area contributed by atoms with E-state index in [9.17, 15) is 24.0 Å². The van der Waals surface area contributed by atoms with Crippen LogP contribution in [0.25, 0.3) is 0 Å². The molecule has 3 aromatic rings. The third-order valence-corrected chi connectivity index (χ3v) is 6.24. The van der Waals surface area contributed by atoms with Gasteiger partial charge in [0.25, 0.3) is 0 Å². The van der Waals surface area contributed by atoms with Gasteiger partial charge >= 0.3 is 23.9 Å². The second-order valence-corrected chi connectivity index (χ2v) is 9.63. The number of benzene rings is 3. The normalized spacial score (nSPS) is 10.3. The van der Waals surface area contributed by atoms with Crippen molar-refractivity contribution in [3.63, 3.8) is 0 Å². The lowest BCUT2D eigenvalue weighted by Gasteiger charge is -2.11. The Hall–Kier alpha value is -5.25. The monoisotopic (exact) mass is 602 g/mol. The van der Waals surface area contributed by atoms with Gasteiger partial charge in [-0.3, -0.25) is 9.59 Å². The van der Waals surface area contributed by atoms with Crippen LogP contribution in [-0.2, 0) is 30.3 Å². The number of hydrogen-bond donors (Lipinski definition) is 0. The number of aryl methyl sites for hydroxylation is 2. The molecule has 0 aliphatic rings. The number of unbranched alkanes of at least 4 members (excludes halogenated alkanes) is 3. The maximum Gasteiger partial charge on any atom is 0.376 e. The molecule has 0 bridgehead atoms. The summed E-state index contributed by atoms with van der Waals surface area (Å²) in [5, 5.41) is 0. The quantitative estimate of drug-likeness (QED) is 0.0486. The minimum atomic E-state index is -0.986. The molecule has 0 saturated heterocycles. The van der Waals surface area contributed by atoms with Crippen molar-refractivity contribution in [3.05, 3.63) is 96.1 Å². The average Bonchev–Trinajstić information content (AvgIpc) is 3.03. The van der Waals surface area contributed by atoms with Crippen molar-refractivity contribution in [2.24, 2.45) is 0 Å². The van der Waals surface area contributed by atoms with Crippen LogP contribution in [-0.4, -0.2) is 43.4 Å². The number of carbonyl (C=O) groups excluding carboxylic acids is 5. The van der Waals surface area contributed by atoms with E-state index in [0.29, 0.717) is 48.0 Å². The fraction of sp³-hybridized carbons (Fsp3) is 0.265. The standard InChI is InChI=1S/C34H34O10/c1-3-31(36)41-21-7-5-4-6-20-40-27-15-11-26(12-16-27)34(39)43-29-17-18-30(24(2)22-29)44-32(37)19-10-25-8-13-28(14-9-25)42-33(38)23-35/h3,8-9,11-18,22-23H,1,4-7,10,19-21H2,2H3. The molecular formula is C34H34O10. The van der Waals surface area contributed by atoms with Crippen LogP contribution in [0.3, 0.4) is 0 Å². The Balaban J connectivity index is 1.38. The van der Waals surface area contributed by atoms with Crippen LogP contribution in [0, 0.1) is 6.92 Å². The van der Waals surface area contributed by atoms with Gasteiger partial charge in [-0.05, 0) is 105 Å². The Kier molecular flexibility index (Phi) is 13.3. The van der Waals surface area contributed by atoms with Gasteiger partial charge in [0.2, 0.25) is 6.29 Å². The number of esters is 4. The molecule has 0 aliphatic heterocycles. The van der Waals surface area contributed by atoms with Crippen molar-refractivity contribution in [1.29, 1.82) is 0 Å². The summed E-state index contributed by atoms with van der Waals surface area (Å²) in [7, 11) is 0. The summed E-state index contributed by atoms with van der Waals surface area (Å²) >= 11 is 0. The van der Waals surface area contributed by atoms with Gasteiger partial charge in [-0.25, -0.2) is 14.4 Å². The molecule has 0 atom stereocenters. The maximum absolute atomic E-state index is 12.6. The summed E-state index contributed by atoms with van der Waals surface area (Å²) in [6, 6.07) is 17.8. The lowest BCUT2D eigenvalue weighted by molar-refractivity contribution is -0.141. The highest BCUT2D eigenvalue weighted by Gasteiger charge is 2.13. The van der Waals surface area contributed by atoms with Gasteiger partial charge in [0.05, 0.1) is 18.8 Å². The van der Waals surface area contributed by atoms with Gasteiger partial charge in [-0.2, -0.15) is 0 Å². The first-order valence-corrected chi connectivity index (χ1v) is 14.1. The van der Waals surface area contributed by atoms with Crippen molar-refractivity contribution >= 4 is 30.2 Å². The zero-order valence-electron chi connectivity index (χ0n) is 24.5. The largest absolute Gasteiger partial charge is 0.494 e. The Bertz CT molecular complexity index is 1440. The molecule has 0 saturated carbocycles. The van der Waals surface area contributed by atoms with Gasteiger partial charge < -0.3 is 23.7 Å². The number of ether oxygens (including phenoxy) is 5. The van der Waals surface area contributed by atoms with E-state index in [1.54, 1.807) is 61.5 Å².